The van der Waals surface area contributed by atoms with Crippen molar-refractivity contribution in [2.45, 2.75) is 63.3 Å². The molecular weight excluding hydrogens is 366 g/mol. The summed E-state index contributed by atoms with van der Waals surface area (Å²) in [6, 6.07) is 0. The second-order valence-corrected chi connectivity index (χ2v) is 10.9. The standard InChI is InChI=1S/C15H36N2O6P2/c1-5-6-7-8-9-10-11-13-17(4)14-12-15(16(2)3,24(18,19)20)25(21,22)23/h5-14H2,1-4H3,(H2,18,19,20)(H2,21,22,23). The van der Waals surface area contributed by atoms with Crippen LogP contribution in [0.4, 0.5) is 0 Å². The van der Waals surface area contributed by atoms with Crippen LogP contribution in [0.15, 0.2) is 0 Å². The first-order valence-corrected chi connectivity index (χ1v) is 12.1. The van der Waals surface area contributed by atoms with Crippen LogP contribution in [0.25, 0.3) is 0 Å². The summed E-state index contributed by atoms with van der Waals surface area (Å²) in [5.74, 6) is 0. The summed E-state index contributed by atoms with van der Waals surface area (Å²) in [6.45, 7) is 3.11. The average Bonchev–Trinajstić information content (AvgIpc) is 2.43. The lowest BCUT2D eigenvalue weighted by atomic mass is 10.1. The maximum absolute atomic E-state index is 11.9. The van der Waals surface area contributed by atoms with Crippen LogP contribution in [0.3, 0.4) is 0 Å². The molecule has 0 aromatic heterocycles. The molecule has 0 radical (unpaired) electrons. The normalized spacial score (nSPS) is 13.8. The van der Waals surface area contributed by atoms with E-state index in [4.69, 9.17) is 0 Å². The maximum Gasteiger partial charge on any atom is 0.358 e. The van der Waals surface area contributed by atoms with E-state index in [1.807, 2.05) is 4.90 Å². The molecule has 0 amide bonds. The number of rotatable bonds is 14. The summed E-state index contributed by atoms with van der Waals surface area (Å²) in [5, 5.41) is -2.48. The molecule has 0 spiro atoms. The minimum absolute atomic E-state index is 0.199. The number of nitrogens with zero attached hydrogens (tertiary/aromatic N) is 2. The van der Waals surface area contributed by atoms with Crippen molar-refractivity contribution in [1.82, 2.24) is 9.80 Å². The van der Waals surface area contributed by atoms with E-state index in [2.05, 4.69) is 6.92 Å². The zero-order valence-corrected chi connectivity index (χ0v) is 17.8. The van der Waals surface area contributed by atoms with Crippen LogP contribution in [0.2, 0.25) is 0 Å². The van der Waals surface area contributed by atoms with Gasteiger partial charge in [-0.15, -0.1) is 0 Å². The van der Waals surface area contributed by atoms with Gasteiger partial charge >= 0.3 is 15.2 Å². The fourth-order valence-electron chi connectivity index (χ4n) is 3.00. The van der Waals surface area contributed by atoms with E-state index in [0.717, 1.165) is 24.3 Å². The van der Waals surface area contributed by atoms with Crippen LogP contribution < -0.4 is 0 Å². The highest BCUT2D eigenvalue weighted by molar-refractivity contribution is 7.72. The predicted octanol–water partition coefficient (Wildman–Crippen LogP) is 2.63. The summed E-state index contributed by atoms with van der Waals surface area (Å²) >= 11 is 0. The SMILES string of the molecule is CCCCCCCCCN(C)CCC(N(C)C)(P(=O)(O)O)P(=O)(O)O. The molecule has 0 fully saturated rings. The Labute approximate surface area is 151 Å². The van der Waals surface area contributed by atoms with Gasteiger partial charge < -0.3 is 24.5 Å². The Balaban J connectivity index is 4.57. The number of hydrogen-bond acceptors (Lipinski definition) is 4. The molecule has 4 N–H and O–H groups in total. The molecule has 0 aliphatic carbocycles. The van der Waals surface area contributed by atoms with Crippen molar-refractivity contribution in [2.75, 3.05) is 34.2 Å². The molecule has 0 bridgehead atoms. The van der Waals surface area contributed by atoms with Crippen LogP contribution in [-0.4, -0.2) is 68.6 Å². The third-order valence-corrected chi connectivity index (χ3v) is 9.30. The van der Waals surface area contributed by atoms with Gasteiger partial charge in [-0.25, -0.2) is 0 Å². The monoisotopic (exact) mass is 402 g/mol. The lowest BCUT2D eigenvalue weighted by Crippen LogP contribution is -2.45. The zero-order chi connectivity index (χ0) is 19.7. The first-order chi connectivity index (χ1) is 11.4. The molecule has 0 atom stereocenters. The van der Waals surface area contributed by atoms with Crippen molar-refractivity contribution in [3.63, 3.8) is 0 Å². The highest BCUT2D eigenvalue weighted by Crippen LogP contribution is 2.71. The Morgan fingerprint density at radius 3 is 1.60 bits per heavy atom. The van der Waals surface area contributed by atoms with Gasteiger partial charge in [-0.05, 0) is 34.1 Å². The topological polar surface area (TPSA) is 122 Å². The minimum Gasteiger partial charge on any atom is -0.323 e. The van der Waals surface area contributed by atoms with E-state index in [0.29, 0.717) is 0 Å². The van der Waals surface area contributed by atoms with Gasteiger partial charge in [0.2, 0.25) is 5.02 Å². The lowest BCUT2D eigenvalue weighted by molar-refractivity contribution is 0.184. The van der Waals surface area contributed by atoms with E-state index in [1.165, 1.54) is 46.2 Å². The molecule has 0 saturated carbocycles. The number of unbranched alkanes of at least 4 members (excludes halogenated alkanes) is 6. The van der Waals surface area contributed by atoms with Crippen molar-refractivity contribution < 1.29 is 28.7 Å². The van der Waals surface area contributed by atoms with Crippen molar-refractivity contribution in [2.24, 2.45) is 0 Å². The first kappa shape index (κ1) is 25.2. The van der Waals surface area contributed by atoms with Gasteiger partial charge in [0.1, 0.15) is 0 Å². The summed E-state index contributed by atoms with van der Waals surface area (Å²) in [6.07, 6.45) is 7.86. The van der Waals surface area contributed by atoms with Gasteiger partial charge in [-0.1, -0.05) is 45.4 Å². The Morgan fingerprint density at radius 2 is 1.20 bits per heavy atom. The van der Waals surface area contributed by atoms with E-state index < -0.39 is 20.2 Å². The summed E-state index contributed by atoms with van der Waals surface area (Å²) in [7, 11) is -5.73. The quantitative estimate of drug-likeness (QED) is 0.258. The van der Waals surface area contributed by atoms with E-state index in [-0.39, 0.29) is 13.0 Å². The third-order valence-electron chi connectivity index (χ3n) is 4.62. The van der Waals surface area contributed by atoms with Crippen molar-refractivity contribution >= 4 is 15.2 Å². The van der Waals surface area contributed by atoms with E-state index in [9.17, 15) is 28.7 Å². The summed E-state index contributed by atoms with van der Waals surface area (Å²) in [5.41, 5.74) is 0. The molecule has 0 saturated heterocycles. The largest absolute Gasteiger partial charge is 0.358 e. The van der Waals surface area contributed by atoms with Gasteiger partial charge in [-0.2, -0.15) is 0 Å². The highest BCUT2D eigenvalue weighted by Gasteiger charge is 2.61. The smallest absolute Gasteiger partial charge is 0.323 e. The second kappa shape index (κ2) is 11.2. The Hall–Kier alpha value is 0.220. The van der Waals surface area contributed by atoms with Crippen molar-refractivity contribution in [3.8, 4) is 0 Å². The van der Waals surface area contributed by atoms with Gasteiger partial charge in [0.25, 0.3) is 0 Å². The molecule has 8 nitrogen and oxygen atoms in total. The molecule has 0 aromatic rings. The Bertz CT molecular complexity index is 441. The fraction of sp³-hybridized carbons (Fsp3) is 1.00. The molecule has 0 rings (SSSR count). The first-order valence-electron chi connectivity index (χ1n) is 8.87. The van der Waals surface area contributed by atoms with Crippen molar-refractivity contribution in [1.29, 1.82) is 0 Å². The lowest BCUT2D eigenvalue weighted by Gasteiger charge is -2.40. The van der Waals surface area contributed by atoms with E-state index in [1.54, 1.807) is 7.05 Å². The van der Waals surface area contributed by atoms with Gasteiger partial charge in [0.05, 0.1) is 0 Å². The predicted molar refractivity (Wildman–Crippen MR) is 101 cm³/mol. The van der Waals surface area contributed by atoms with Gasteiger partial charge in [-0.3, -0.25) is 14.0 Å². The maximum atomic E-state index is 11.9. The zero-order valence-electron chi connectivity index (χ0n) is 16.0. The van der Waals surface area contributed by atoms with Gasteiger partial charge in [0.15, 0.2) is 0 Å². The molecule has 0 unspecified atom stereocenters. The summed E-state index contributed by atoms with van der Waals surface area (Å²) < 4.78 is 23.8. The Kier molecular flexibility index (Phi) is 11.2. The molecule has 0 heterocycles. The Morgan fingerprint density at radius 1 is 0.760 bits per heavy atom. The van der Waals surface area contributed by atoms with Crippen LogP contribution in [0, 0.1) is 0 Å². The second-order valence-electron chi connectivity index (χ2n) is 6.93. The third kappa shape index (κ3) is 7.77. The molecule has 25 heavy (non-hydrogen) atoms. The molecule has 0 aliphatic heterocycles. The molecule has 0 aromatic carbocycles. The number of hydrogen-bond donors (Lipinski definition) is 4. The molecule has 10 heteroatoms. The van der Waals surface area contributed by atoms with Crippen LogP contribution in [0.5, 0.6) is 0 Å². The molecular formula is C15H36N2O6P2. The van der Waals surface area contributed by atoms with Crippen LogP contribution in [-0.2, 0) is 9.13 Å². The van der Waals surface area contributed by atoms with Crippen LogP contribution in [0.1, 0.15) is 58.3 Å². The average molecular weight is 402 g/mol. The van der Waals surface area contributed by atoms with Crippen molar-refractivity contribution in [3.05, 3.63) is 0 Å². The molecule has 152 valence electrons. The van der Waals surface area contributed by atoms with Gasteiger partial charge in [0, 0.05) is 13.0 Å². The highest BCUT2D eigenvalue weighted by atomic mass is 31.2. The fourth-order valence-corrected chi connectivity index (χ4v) is 6.18. The molecule has 0 aliphatic rings. The summed E-state index contributed by atoms with van der Waals surface area (Å²) in [4.78, 5) is 41.3. The van der Waals surface area contributed by atoms with Crippen LogP contribution >= 0.6 is 15.2 Å². The van der Waals surface area contributed by atoms with E-state index >= 15 is 0 Å². The minimum atomic E-state index is -5.05.